The zero-order valence-corrected chi connectivity index (χ0v) is 22.9. The van der Waals surface area contributed by atoms with Crippen LogP contribution in [-0.4, -0.2) is 67.0 Å². The van der Waals surface area contributed by atoms with Crippen molar-refractivity contribution in [1.82, 2.24) is 19.9 Å². The number of nitrogens with one attached hydrogen (secondary N) is 1. The number of pyridine rings is 1. The lowest BCUT2D eigenvalue weighted by Gasteiger charge is -2.24. The van der Waals surface area contributed by atoms with Gasteiger partial charge < -0.3 is 19.9 Å². The van der Waals surface area contributed by atoms with Crippen LogP contribution in [0.25, 0.3) is 28.2 Å². The largest absolute Gasteiger partial charge is 0.380 e. The lowest BCUT2D eigenvalue weighted by molar-refractivity contribution is 0.121. The molecular formula is C31H31F2N7O. The van der Waals surface area contributed by atoms with E-state index in [2.05, 4.69) is 20.1 Å². The number of methoxy groups -OCH3 is 1. The molecule has 0 radical (unpaired) electrons. The second kappa shape index (κ2) is 10.1. The first-order valence-corrected chi connectivity index (χ1v) is 14.1. The summed E-state index contributed by atoms with van der Waals surface area (Å²) in [4.78, 5) is 14.1. The smallest absolute Gasteiger partial charge is 0.167 e. The molecule has 2 aromatic heterocycles. The van der Waals surface area contributed by atoms with Crippen molar-refractivity contribution < 1.29 is 13.5 Å². The van der Waals surface area contributed by atoms with Crippen molar-refractivity contribution in [2.75, 3.05) is 56.2 Å². The summed E-state index contributed by atoms with van der Waals surface area (Å²) in [6.45, 7) is 5.34. The maximum absolute atomic E-state index is 16.0. The number of halogens is 2. The SMILES string of the molecule is COC1CCN(c2ccc(-n3c(-c4ccc(C#N)c(F)c4)nc4c(N5CCC6(CCNC6)C5)ccnc43)c(F)c2)C1. The van der Waals surface area contributed by atoms with Crippen LogP contribution in [-0.2, 0) is 4.74 Å². The third kappa shape index (κ3) is 4.40. The van der Waals surface area contributed by atoms with Crippen molar-refractivity contribution in [3.05, 3.63) is 65.9 Å². The molecule has 3 saturated heterocycles. The van der Waals surface area contributed by atoms with Crippen molar-refractivity contribution in [3.63, 3.8) is 0 Å². The highest BCUT2D eigenvalue weighted by molar-refractivity contribution is 5.91. The molecule has 1 N–H and O–H groups in total. The minimum Gasteiger partial charge on any atom is -0.380 e. The van der Waals surface area contributed by atoms with Crippen LogP contribution in [0.4, 0.5) is 20.2 Å². The predicted molar refractivity (Wildman–Crippen MR) is 153 cm³/mol. The zero-order valence-electron chi connectivity index (χ0n) is 22.9. The van der Waals surface area contributed by atoms with Gasteiger partial charge in [0.05, 0.1) is 23.0 Å². The van der Waals surface area contributed by atoms with Crippen molar-refractivity contribution in [3.8, 4) is 23.1 Å². The number of nitrogens with zero attached hydrogens (tertiary/aromatic N) is 6. The van der Waals surface area contributed by atoms with Crippen molar-refractivity contribution in [2.45, 2.75) is 25.4 Å². The second-order valence-corrected chi connectivity index (χ2v) is 11.4. The molecule has 1 spiro atoms. The lowest BCUT2D eigenvalue weighted by atomic mass is 9.86. The van der Waals surface area contributed by atoms with Crippen LogP contribution in [0, 0.1) is 28.4 Å². The summed E-state index contributed by atoms with van der Waals surface area (Å²) < 4.78 is 38.0. The Morgan fingerprint density at radius 1 is 1.05 bits per heavy atom. The van der Waals surface area contributed by atoms with Crippen LogP contribution in [0.3, 0.4) is 0 Å². The maximum Gasteiger partial charge on any atom is 0.167 e. The fourth-order valence-corrected chi connectivity index (χ4v) is 6.70. The van der Waals surface area contributed by atoms with Gasteiger partial charge in [0.2, 0.25) is 0 Å². The highest BCUT2D eigenvalue weighted by Gasteiger charge is 2.41. The Bertz CT molecular complexity index is 1670. The highest BCUT2D eigenvalue weighted by Crippen LogP contribution is 2.41. The van der Waals surface area contributed by atoms with Gasteiger partial charge in [-0.25, -0.2) is 18.7 Å². The number of anilines is 2. The molecule has 41 heavy (non-hydrogen) atoms. The molecule has 2 atom stereocenters. The molecule has 5 heterocycles. The Balaban J connectivity index is 1.36. The average Bonchev–Trinajstić information content (AvgIpc) is 3.80. The van der Waals surface area contributed by atoms with Gasteiger partial charge in [0.1, 0.15) is 29.0 Å². The van der Waals surface area contributed by atoms with Gasteiger partial charge >= 0.3 is 0 Å². The third-order valence-electron chi connectivity index (χ3n) is 9.00. The summed E-state index contributed by atoms with van der Waals surface area (Å²) >= 11 is 0. The van der Waals surface area contributed by atoms with Crippen LogP contribution >= 0.6 is 0 Å². The molecule has 3 fully saturated rings. The molecule has 210 valence electrons. The Labute approximate surface area is 237 Å². The summed E-state index contributed by atoms with van der Waals surface area (Å²) in [5.74, 6) is -0.709. The molecule has 0 bridgehead atoms. The number of imidazole rings is 1. The van der Waals surface area contributed by atoms with Crippen LogP contribution in [0.5, 0.6) is 0 Å². The second-order valence-electron chi connectivity index (χ2n) is 11.4. The molecule has 8 nitrogen and oxygen atoms in total. The van der Waals surface area contributed by atoms with Gasteiger partial charge in [0, 0.05) is 62.7 Å². The Hall–Kier alpha value is -4.07. The van der Waals surface area contributed by atoms with Gasteiger partial charge in [-0.1, -0.05) is 0 Å². The normalized spacial score (nSPS) is 22.3. The standard InChI is InChI=1S/C31H31F2N7O/c1-41-23-7-12-38(17-23)22-4-5-26(25(33)15-22)40-29(20-2-3-21(16-34)24(32)14-20)37-28-27(6-10-36-30(28)40)39-13-9-31(19-39)8-11-35-18-31/h2-6,10,14-15,23,35H,7-9,11-13,17-19H2,1H3. The summed E-state index contributed by atoms with van der Waals surface area (Å²) in [6, 6.07) is 13.4. The monoisotopic (exact) mass is 555 g/mol. The van der Waals surface area contributed by atoms with E-state index < -0.39 is 11.6 Å². The lowest BCUT2D eigenvalue weighted by Crippen LogP contribution is -2.29. The zero-order chi connectivity index (χ0) is 28.1. The molecular weight excluding hydrogens is 524 g/mol. The van der Waals surface area contributed by atoms with E-state index in [1.165, 1.54) is 18.2 Å². The van der Waals surface area contributed by atoms with E-state index in [0.29, 0.717) is 29.1 Å². The molecule has 2 unspecified atom stereocenters. The first-order chi connectivity index (χ1) is 20.0. The van der Waals surface area contributed by atoms with Gasteiger partial charge in [0.25, 0.3) is 0 Å². The van der Waals surface area contributed by atoms with Crippen LogP contribution in [0.2, 0.25) is 0 Å². The third-order valence-corrected chi connectivity index (χ3v) is 9.00. The van der Waals surface area contributed by atoms with Gasteiger partial charge in [0.15, 0.2) is 5.65 Å². The van der Waals surface area contributed by atoms with Gasteiger partial charge in [-0.05, 0) is 68.3 Å². The molecule has 3 aliphatic heterocycles. The van der Waals surface area contributed by atoms with Crippen LogP contribution in [0.1, 0.15) is 24.8 Å². The van der Waals surface area contributed by atoms with E-state index in [1.807, 2.05) is 18.2 Å². The van der Waals surface area contributed by atoms with Crippen molar-refractivity contribution in [2.24, 2.45) is 5.41 Å². The van der Waals surface area contributed by atoms with Crippen LogP contribution < -0.4 is 15.1 Å². The molecule has 3 aliphatic rings. The summed E-state index contributed by atoms with van der Waals surface area (Å²) in [5.41, 5.74) is 3.76. The summed E-state index contributed by atoms with van der Waals surface area (Å²) in [7, 11) is 1.70. The highest BCUT2D eigenvalue weighted by atomic mass is 19.1. The molecule has 4 aromatic rings. The van der Waals surface area contributed by atoms with Crippen LogP contribution in [0.15, 0.2) is 48.7 Å². The molecule has 2 aromatic carbocycles. The van der Waals surface area contributed by atoms with Crippen molar-refractivity contribution >= 4 is 22.5 Å². The Morgan fingerprint density at radius 3 is 2.68 bits per heavy atom. The van der Waals surface area contributed by atoms with Gasteiger partial charge in [-0.3, -0.25) is 4.57 Å². The molecule has 10 heteroatoms. The van der Waals surface area contributed by atoms with Gasteiger partial charge in [-0.2, -0.15) is 5.26 Å². The average molecular weight is 556 g/mol. The fourth-order valence-electron chi connectivity index (χ4n) is 6.70. The Morgan fingerprint density at radius 2 is 1.95 bits per heavy atom. The summed E-state index contributed by atoms with van der Waals surface area (Å²) in [6.07, 6.45) is 4.98. The molecule has 0 amide bonds. The number of hydrogen-bond donors (Lipinski definition) is 1. The quantitative estimate of drug-likeness (QED) is 0.384. The first-order valence-electron chi connectivity index (χ1n) is 14.1. The Kier molecular flexibility index (Phi) is 6.36. The number of benzene rings is 2. The van der Waals surface area contributed by atoms with Crippen molar-refractivity contribution in [1.29, 1.82) is 5.26 Å². The fraction of sp³-hybridized carbons (Fsp3) is 0.387. The van der Waals surface area contributed by atoms with E-state index in [1.54, 1.807) is 30.0 Å². The number of hydrogen-bond acceptors (Lipinski definition) is 7. The number of ether oxygens (including phenoxy) is 1. The molecule has 0 saturated carbocycles. The summed E-state index contributed by atoms with van der Waals surface area (Å²) in [5, 5.41) is 12.8. The minimum atomic E-state index is -0.649. The van der Waals surface area contributed by atoms with E-state index in [4.69, 9.17) is 9.72 Å². The van der Waals surface area contributed by atoms with E-state index in [9.17, 15) is 9.65 Å². The minimum absolute atomic E-state index is 0.0572. The number of fused-ring (bicyclic) bond motifs is 1. The topological polar surface area (TPSA) is 82.2 Å². The van der Waals surface area contributed by atoms with Gasteiger partial charge in [-0.15, -0.1) is 0 Å². The number of rotatable bonds is 5. The van der Waals surface area contributed by atoms with E-state index >= 15 is 4.39 Å². The molecule has 7 rings (SSSR count). The predicted octanol–water partition coefficient (Wildman–Crippen LogP) is 4.65. The maximum atomic E-state index is 16.0. The van der Waals surface area contributed by atoms with E-state index in [0.717, 1.165) is 63.4 Å². The number of aromatic nitrogens is 3. The first kappa shape index (κ1) is 25.9. The van der Waals surface area contributed by atoms with E-state index in [-0.39, 0.29) is 22.8 Å². The number of nitriles is 1. The molecule has 0 aliphatic carbocycles.